The first kappa shape index (κ1) is 20.4. The highest BCUT2D eigenvalue weighted by Gasteiger charge is 2.11. The molecule has 0 aliphatic carbocycles. The predicted octanol–water partition coefficient (Wildman–Crippen LogP) is 2.12. The normalized spacial score (nSPS) is 11.1. The molecule has 1 aromatic heterocycles. The largest absolute Gasteiger partial charge is 0.496 e. The second-order valence-electron chi connectivity index (χ2n) is 6.03. The van der Waals surface area contributed by atoms with E-state index in [1.54, 1.807) is 20.2 Å². The molecule has 0 spiro atoms. The minimum absolute atomic E-state index is 0.184. The first-order valence-electron chi connectivity index (χ1n) is 9.04. The van der Waals surface area contributed by atoms with Gasteiger partial charge in [0.1, 0.15) is 5.75 Å². The van der Waals surface area contributed by atoms with Gasteiger partial charge in [-0.15, -0.1) is 0 Å². The average Bonchev–Trinajstić information content (AvgIpc) is 3.12. The fraction of sp³-hybridized carbons (Fsp3) is 0.400. The van der Waals surface area contributed by atoms with Gasteiger partial charge in [-0.3, -0.25) is 9.79 Å². The summed E-state index contributed by atoms with van der Waals surface area (Å²) in [6.45, 7) is 3.85. The van der Waals surface area contributed by atoms with E-state index < -0.39 is 0 Å². The zero-order valence-electron chi connectivity index (χ0n) is 16.2. The maximum Gasteiger partial charge on any atom is 0.287 e. The Labute approximate surface area is 160 Å². The number of nitrogens with zero attached hydrogens (tertiary/aromatic N) is 1. The minimum Gasteiger partial charge on any atom is -0.496 e. The number of aryl methyl sites for hydroxylation is 1. The summed E-state index contributed by atoms with van der Waals surface area (Å²) in [5.74, 6) is 1.82. The van der Waals surface area contributed by atoms with Gasteiger partial charge in [0.05, 0.1) is 13.4 Å². The van der Waals surface area contributed by atoms with Crippen LogP contribution in [0.5, 0.6) is 5.75 Å². The number of guanidine groups is 1. The van der Waals surface area contributed by atoms with E-state index in [2.05, 4.69) is 27.0 Å². The molecule has 7 nitrogen and oxygen atoms in total. The predicted molar refractivity (Wildman–Crippen MR) is 106 cm³/mol. The Bertz CT molecular complexity index is 755. The van der Waals surface area contributed by atoms with Gasteiger partial charge in [0.15, 0.2) is 11.7 Å². The van der Waals surface area contributed by atoms with Gasteiger partial charge in [-0.2, -0.15) is 0 Å². The molecule has 2 rings (SSSR count). The second-order valence-corrected chi connectivity index (χ2v) is 6.03. The molecule has 0 fully saturated rings. The number of benzene rings is 1. The van der Waals surface area contributed by atoms with Crippen molar-refractivity contribution in [3.8, 4) is 5.75 Å². The number of para-hydroxylation sites is 1. The number of carbonyl (C=O) groups is 1. The second kappa shape index (κ2) is 10.9. The molecule has 0 atom stereocenters. The Balaban J connectivity index is 1.63. The van der Waals surface area contributed by atoms with Gasteiger partial charge in [0.2, 0.25) is 0 Å². The summed E-state index contributed by atoms with van der Waals surface area (Å²) in [5.41, 5.74) is 1.99. The molecule has 0 radical (unpaired) electrons. The number of hydrogen-bond acceptors (Lipinski definition) is 4. The van der Waals surface area contributed by atoms with Crippen LogP contribution in [-0.4, -0.2) is 45.7 Å². The maximum absolute atomic E-state index is 11.9. The van der Waals surface area contributed by atoms with Crippen molar-refractivity contribution in [3.05, 3.63) is 53.5 Å². The lowest BCUT2D eigenvalue weighted by molar-refractivity contribution is 0.0925. The molecule has 1 heterocycles. The molecule has 7 heteroatoms. The van der Waals surface area contributed by atoms with Crippen molar-refractivity contribution >= 4 is 11.9 Å². The zero-order valence-corrected chi connectivity index (χ0v) is 16.2. The molecular formula is C20H28N4O3. The van der Waals surface area contributed by atoms with Crippen molar-refractivity contribution in [3.63, 3.8) is 0 Å². The van der Waals surface area contributed by atoms with Crippen molar-refractivity contribution in [2.24, 2.45) is 4.99 Å². The van der Waals surface area contributed by atoms with Gasteiger partial charge in [-0.1, -0.05) is 18.2 Å². The summed E-state index contributed by atoms with van der Waals surface area (Å²) in [4.78, 5) is 16.1. The summed E-state index contributed by atoms with van der Waals surface area (Å²) < 4.78 is 10.5. The monoisotopic (exact) mass is 372 g/mol. The highest BCUT2D eigenvalue weighted by Crippen LogP contribution is 2.17. The standard InChI is InChI=1S/C20H28N4O3/c1-15-10-14-27-18(15)19(25)22-11-6-12-23-20(21-2)24-13-9-16-7-4-5-8-17(16)26-3/h4-5,7-8,10,14H,6,9,11-13H2,1-3H3,(H,22,25)(H2,21,23,24). The Morgan fingerprint density at radius 2 is 1.85 bits per heavy atom. The van der Waals surface area contributed by atoms with Crippen LogP contribution in [-0.2, 0) is 6.42 Å². The van der Waals surface area contributed by atoms with E-state index in [1.807, 2.05) is 25.1 Å². The van der Waals surface area contributed by atoms with E-state index in [9.17, 15) is 4.79 Å². The van der Waals surface area contributed by atoms with E-state index in [0.717, 1.165) is 42.2 Å². The number of ether oxygens (including phenoxy) is 1. The number of rotatable bonds is 9. The first-order valence-corrected chi connectivity index (χ1v) is 9.04. The van der Waals surface area contributed by atoms with Crippen LogP contribution in [0.4, 0.5) is 0 Å². The van der Waals surface area contributed by atoms with Gasteiger partial charge in [0.25, 0.3) is 5.91 Å². The third kappa shape index (κ3) is 6.36. The fourth-order valence-electron chi connectivity index (χ4n) is 2.63. The van der Waals surface area contributed by atoms with E-state index in [0.29, 0.717) is 18.8 Å². The van der Waals surface area contributed by atoms with E-state index >= 15 is 0 Å². The number of nitrogens with one attached hydrogen (secondary N) is 3. The van der Waals surface area contributed by atoms with Crippen LogP contribution in [0.25, 0.3) is 0 Å². The third-order valence-electron chi connectivity index (χ3n) is 4.10. The number of carbonyl (C=O) groups excluding carboxylic acids is 1. The smallest absolute Gasteiger partial charge is 0.287 e. The van der Waals surface area contributed by atoms with Gasteiger partial charge in [-0.25, -0.2) is 0 Å². The zero-order chi connectivity index (χ0) is 19.5. The Hall–Kier alpha value is -2.96. The lowest BCUT2D eigenvalue weighted by atomic mass is 10.1. The number of amides is 1. The van der Waals surface area contributed by atoms with Crippen LogP contribution in [0.2, 0.25) is 0 Å². The summed E-state index contributed by atoms with van der Waals surface area (Å²) in [6.07, 6.45) is 3.13. The summed E-state index contributed by atoms with van der Waals surface area (Å²) >= 11 is 0. The molecule has 1 amide bonds. The van der Waals surface area contributed by atoms with Crippen molar-refractivity contribution in [1.29, 1.82) is 0 Å². The van der Waals surface area contributed by atoms with Crippen LogP contribution in [0.15, 0.2) is 46.0 Å². The number of furan rings is 1. The van der Waals surface area contributed by atoms with Gasteiger partial charge < -0.3 is 25.1 Å². The molecule has 146 valence electrons. The number of methoxy groups -OCH3 is 1. The van der Waals surface area contributed by atoms with Gasteiger partial charge in [0, 0.05) is 32.2 Å². The molecule has 0 unspecified atom stereocenters. The summed E-state index contributed by atoms with van der Waals surface area (Å²) in [6, 6.07) is 9.75. The van der Waals surface area contributed by atoms with Crippen LogP contribution in [0.1, 0.15) is 28.1 Å². The Morgan fingerprint density at radius 1 is 1.11 bits per heavy atom. The number of hydrogen-bond donors (Lipinski definition) is 3. The van der Waals surface area contributed by atoms with Crippen LogP contribution < -0.4 is 20.7 Å². The highest BCUT2D eigenvalue weighted by molar-refractivity contribution is 5.92. The minimum atomic E-state index is -0.184. The van der Waals surface area contributed by atoms with Gasteiger partial charge in [-0.05, 0) is 37.5 Å². The van der Waals surface area contributed by atoms with Crippen molar-refractivity contribution in [2.45, 2.75) is 19.8 Å². The molecule has 0 saturated heterocycles. The molecule has 0 aliphatic heterocycles. The summed E-state index contributed by atoms with van der Waals surface area (Å²) in [5, 5.41) is 9.36. The molecular weight excluding hydrogens is 344 g/mol. The maximum atomic E-state index is 11.9. The Kier molecular flexibility index (Phi) is 8.22. The number of aliphatic imine (C=N–C) groups is 1. The molecule has 0 saturated carbocycles. The molecule has 3 N–H and O–H groups in total. The lowest BCUT2D eigenvalue weighted by Crippen LogP contribution is -2.39. The van der Waals surface area contributed by atoms with Crippen LogP contribution in [0, 0.1) is 6.92 Å². The van der Waals surface area contributed by atoms with Crippen molar-refractivity contribution in [1.82, 2.24) is 16.0 Å². The van der Waals surface area contributed by atoms with Gasteiger partial charge >= 0.3 is 0 Å². The quantitative estimate of drug-likeness (QED) is 0.357. The van der Waals surface area contributed by atoms with E-state index in [-0.39, 0.29) is 5.91 Å². The van der Waals surface area contributed by atoms with Crippen LogP contribution in [0.3, 0.4) is 0 Å². The summed E-state index contributed by atoms with van der Waals surface area (Å²) in [7, 11) is 3.42. The van der Waals surface area contributed by atoms with E-state index in [1.165, 1.54) is 6.26 Å². The fourth-order valence-corrected chi connectivity index (χ4v) is 2.63. The molecule has 0 bridgehead atoms. The molecule has 0 aliphatic rings. The Morgan fingerprint density at radius 3 is 2.56 bits per heavy atom. The van der Waals surface area contributed by atoms with Crippen molar-refractivity contribution in [2.75, 3.05) is 33.8 Å². The highest BCUT2D eigenvalue weighted by atomic mass is 16.5. The topological polar surface area (TPSA) is 87.9 Å². The average molecular weight is 372 g/mol. The molecule has 27 heavy (non-hydrogen) atoms. The van der Waals surface area contributed by atoms with Crippen molar-refractivity contribution < 1.29 is 13.9 Å². The van der Waals surface area contributed by atoms with E-state index in [4.69, 9.17) is 9.15 Å². The first-order chi connectivity index (χ1) is 13.2. The SMILES string of the molecule is CN=C(NCCCNC(=O)c1occc1C)NCCc1ccccc1OC. The lowest BCUT2D eigenvalue weighted by Gasteiger charge is -2.13. The van der Waals surface area contributed by atoms with Crippen LogP contribution >= 0.6 is 0 Å². The third-order valence-corrected chi connectivity index (χ3v) is 4.10. The molecule has 1 aromatic carbocycles. The molecule has 2 aromatic rings.